The van der Waals surface area contributed by atoms with E-state index in [1.54, 1.807) is 0 Å². The third-order valence-corrected chi connectivity index (χ3v) is 5.88. The smallest absolute Gasteiger partial charge is 0.319 e. The lowest BCUT2D eigenvalue weighted by atomic mass is 10.0. The van der Waals surface area contributed by atoms with Crippen molar-refractivity contribution in [2.45, 2.75) is 6.42 Å². The van der Waals surface area contributed by atoms with Crippen molar-refractivity contribution in [2.24, 2.45) is 0 Å². The fraction of sp³-hybridized carbons (Fsp3) is 0.222. The van der Waals surface area contributed by atoms with E-state index >= 15 is 0 Å². The van der Waals surface area contributed by atoms with E-state index < -0.39 is 0 Å². The standard InChI is InChI=1S/C27H27N5O2/c33-27(28-13-12-20-4-2-1-3-5-20)30-23-9-6-21(7-10-23)22-8-11-24-25(18-22)31-26(19-29-24)32-14-16-34-17-15-32/h1-11,18-19H,12-17H2,(H2,28,30,33). The number of urea groups is 1. The van der Waals surface area contributed by atoms with Crippen LogP contribution in [-0.2, 0) is 11.2 Å². The summed E-state index contributed by atoms with van der Waals surface area (Å²) >= 11 is 0. The summed E-state index contributed by atoms with van der Waals surface area (Å²) in [5.74, 6) is 0.880. The molecular formula is C27H27N5O2. The number of morpholine rings is 1. The van der Waals surface area contributed by atoms with Crippen molar-refractivity contribution in [2.75, 3.05) is 43.1 Å². The third-order valence-electron chi connectivity index (χ3n) is 5.88. The van der Waals surface area contributed by atoms with Crippen LogP contribution in [0.4, 0.5) is 16.3 Å². The fourth-order valence-electron chi connectivity index (χ4n) is 4.01. The first-order valence-electron chi connectivity index (χ1n) is 11.5. The first-order valence-corrected chi connectivity index (χ1v) is 11.5. The van der Waals surface area contributed by atoms with Gasteiger partial charge in [0.05, 0.1) is 30.4 Å². The topological polar surface area (TPSA) is 79.4 Å². The highest BCUT2D eigenvalue weighted by atomic mass is 16.5. The Morgan fingerprint density at radius 1 is 0.912 bits per heavy atom. The zero-order valence-electron chi connectivity index (χ0n) is 18.9. The number of anilines is 2. The zero-order valence-corrected chi connectivity index (χ0v) is 18.9. The second-order valence-electron chi connectivity index (χ2n) is 8.22. The third kappa shape index (κ3) is 5.32. The zero-order chi connectivity index (χ0) is 23.2. The van der Waals surface area contributed by atoms with E-state index in [9.17, 15) is 4.79 Å². The fourth-order valence-corrected chi connectivity index (χ4v) is 4.01. The van der Waals surface area contributed by atoms with Crippen LogP contribution in [0.2, 0.25) is 0 Å². The minimum atomic E-state index is -0.208. The maximum atomic E-state index is 12.2. The average molecular weight is 454 g/mol. The van der Waals surface area contributed by atoms with Crippen LogP contribution in [0, 0.1) is 0 Å². The molecule has 0 bridgehead atoms. The number of aromatic nitrogens is 2. The summed E-state index contributed by atoms with van der Waals surface area (Å²) in [5, 5.41) is 5.79. The van der Waals surface area contributed by atoms with Gasteiger partial charge in [0.15, 0.2) is 0 Å². The number of amides is 2. The van der Waals surface area contributed by atoms with E-state index in [1.807, 2.05) is 60.8 Å². The van der Waals surface area contributed by atoms with Gasteiger partial charge in [-0.3, -0.25) is 4.98 Å². The van der Waals surface area contributed by atoms with E-state index in [1.165, 1.54) is 5.56 Å². The van der Waals surface area contributed by atoms with E-state index in [0.29, 0.717) is 19.8 Å². The van der Waals surface area contributed by atoms with Gasteiger partial charge in [-0.05, 0) is 47.4 Å². The van der Waals surface area contributed by atoms with Crippen LogP contribution in [0.25, 0.3) is 22.2 Å². The van der Waals surface area contributed by atoms with Gasteiger partial charge in [-0.1, -0.05) is 48.5 Å². The van der Waals surface area contributed by atoms with E-state index in [2.05, 4.69) is 38.7 Å². The summed E-state index contributed by atoms with van der Waals surface area (Å²) in [4.78, 5) is 23.8. The number of nitrogens with zero attached hydrogens (tertiary/aromatic N) is 3. The molecule has 172 valence electrons. The summed E-state index contributed by atoms with van der Waals surface area (Å²) in [7, 11) is 0. The molecule has 2 N–H and O–H groups in total. The summed E-state index contributed by atoms with van der Waals surface area (Å²) in [5.41, 5.74) is 5.78. The minimum Gasteiger partial charge on any atom is -0.378 e. The van der Waals surface area contributed by atoms with Gasteiger partial charge < -0.3 is 20.3 Å². The molecule has 0 radical (unpaired) electrons. The first kappa shape index (κ1) is 21.9. The van der Waals surface area contributed by atoms with Crippen LogP contribution >= 0.6 is 0 Å². The highest BCUT2D eigenvalue weighted by Gasteiger charge is 2.13. The Morgan fingerprint density at radius 2 is 1.68 bits per heavy atom. The summed E-state index contributed by atoms with van der Waals surface area (Å²) < 4.78 is 5.44. The van der Waals surface area contributed by atoms with Crippen molar-refractivity contribution in [3.8, 4) is 11.1 Å². The Balaban J connectivity index is 1.22. The van der Waals surface area contributed by atoms with Gasteiger partial charge in [0.1, 0.15) is 5.82 Å². The van der Waals surface area contributed by atoms with E-state index in [4.69, 9.17) is 9.72 Å². The molecule has 2 amide bonds. The molecule has 5 rings (SSSR count). The van der Waals surface area contributed by atoms with Gasteiger partial charge >= 0.3 is 6.03 Å². The predicted octanol–water partition coefficient (Wildman–Crippen LogP) is 4.50. The Hall–Kier alpha value is -3.97. The van der Waals surface area contributed by atoms with Gasteiger partial charge in [-0.2, -0.15) is 0 Å². The number of fused-ring (bicyclic) bond motifs is 1. The lowest BCUT2D eigenvalue weighted by Crippen LogP contribution is -2.36. The van der Waals surface area contributed by atoms with Gasteiger partial charge in [0.2, 0.25) is 0 Å². The molecule has 1 aliphatic rings. The molecule has 4 aromatic rings. The second kappa shape index (κ2) is 10.3. The molecule has 1 aliphatic heterocycles. The van der Waals surface area contributed by atoms with Crippen LogP contribution < -0.4 is 15.5 Å². The number of ether oxygens (including phenoxy) is 1. The maximum absolute atomic E-state index is 12.2. The molecule has 0 spiro atoms. The predicted molar refractivity (Wildman–Crippen MR) is 135 cm³/mol. The van der Waals surface area contributed by atoms with Crippen LogP contribution in [0.1, 0.15) is 5.56 Å². The molecule has 7 heteroatoms. The van der Waals surface area contributed by atoms with E-state index in [0.717, 1.165) is 53.2 Å². The van der Waals surface area contributed by atoms with Gasteiger partial charge in [0, 0.05) is 25.3 Å². The number of rotatable bonds is 6. The van der Waals surface area contributed by atoms with Gasteiger partial charge in [-0.15, -0.1) is 0 Å². The average Bonchev–Trinajstić information content (AvgIpc) is 2.89. The molecule has 3 aromatic carbocycles. The van der Waals surface area contributed by atoms with Crippen molar-refractivity contribution >= 4 is 28.6 Å². The molecule has 0 aliphatic carbocycles. The quantitative estimate of drug-likeness (QED) is 0.450. The van der Waals surface area contributed by atoms with Crippen LogP contribution in [0.15, 0.2) is 79.0 Å². The number of nitrogens with one attached hydrogen (secondary N) is 2. The number of benzene rings is 3. The maximum Gasteiger partial charge on any atom is 0.319 e. The molecule has 0 unspecified atom stereocenters. The molecule has 0 saturated carbocycles. The monoisotopic (exact) mass is 453 g/mol. The van der Waals surface area contributed by atoms with Crippen LogP contribution in [0.5, 0.6) is 0 Å². The normalized spacial score (nSPS) is 13.6. The van der Waals surface area contributed by atoms with Crippen molar-refractivity contribution in [1.29, 1.82) is 0 Å². The number of carbonyl (C=O) groups is 1. The molecule has 1 fully saturated rings. The molecule has 0 atom stereocenters. The van der Waals surface area contributed by atoms with Crippen LogP contribution in [0.3, 0.4) is 0 Å². The van der Waals surface area contributed by atoms with Gasteiger partial charge in [0.25, 0.3) is 0 Å². The first-order chi connectivity index (χ1) is 16.7. The number of hydrogen-bond donors (Lipinski definition) is 2. The molecule has 1 saturated heterocycles. The Morgan fingerprint density at radius 3 is 2.47 bits per heavy atom. The number of hydrogen-bond acceptors (Lipinski definition) is 5. The Labute approximate surface area is 198 Å². The van der Waals surface area contributed by atoms with Crippen LogP contribution in [-0.4, -0.2) is 48.8 Å². The van der Waals surface area contributed by atoms with Gasteiger partial charge in [-0.25, -0.2) is 9.78 Å². The SMILES string of the molecule is O=C(NCCc1ccccc1)Nc1ccc(-c2ccc3ncc(N4CCOCC4)nc3c2)cc1. The molecule has 2 heterocycles. The van der Waals surface area contributed by atoms with Crippen molar-refractivity contribution in [1.82, 2.24) is 15.3 Å². The molecule has 7 nitrogen and oxygen atoms in total. The van der Waals surface area contributed by atoms with E-state index in [-0.39, 0.29) is 6.03 Å². The Kier molecular flexibility index (Phi) is 6.63. The second-order valence-corrected chi connectivity index (χ2v) is 8.22. The van der Waals surface area contributed by atoms with Crippen molar-refractivity contribution in [3.05, 3.63) is 84.6 Å². The highest BCUT2D eigenvalue weighted by Crippen LogP contribution is 2.25. The molecular weight excluding hydrogens is 426 g/mol. The molecule has 1 aromatic heterocycles. The highest BCUT2D eigenvalue weighted by molar-refractivity contribution is 5.90. The largest absolute Gasteiger partial charge is 0.378 e. The van der Waals surface area contributed by atoms with Crippen molar-refractivity contribution < 1.29 is 9.53 Å². The molecule has 34 heavy (non-hydrogen) atoms. The van der Waals surface area contributed by atoms with Crippen molar-refractivity contribution in [3.63, 3.8) is 0 Å². The summed E-state index contributed by atoms with van der Waals surface area (Å²) in [6.07, 6.45) is 2.63. The Bertz CT molecular complexity index is 1260. The number of carbonyl (C=O) groups excluding carboxylic acids is 1. The summed E-state index contributed by atoms with van der Waals surface area (Å²) in [6, 6.07) is 23.8. The lowest BCUT2D eigenvalue weighted by Gasteiger charge is -2.27. The summed E-state index contributed by atoms with van der Waals surface area (Å²) in [6.45, 7) is 3.66. The lowest BCUT2D eigenvalue weighted by molar-refractivity contribution is 0.122. The minimum absolute atomic E-state index is 0.208.